The third kappa shape index (κ3) is 7.37. The Balaban J connectivity index is 0.000000218. The fourth-order valence-electron chi connectivity index (χ4n) is 0.415. The molecule has 0 amide bonds. The molecule has 0 aromatic heterocycles. The highest BCUT2D eigenvalue weighted by Gasteiger charge is 1.74. The lowest BCUT2D eigenvalue weighted by Gasteiger charge is -1.80. The molecular weight excluding hydrogens is 158 g/mol. The zero-order chi connectivity index (χ0) is 8.53. The Morgan fingerprint density at radius 1 is 1.27 bits per heavy atom. The molecule has 11 heavy (non-hydrogen) atoms. The molecule has 1 aromatic carbocycles. The Bertz CT molecular complexity index is 160. The molecule has 0 aliphatic heterocycles. The van der Waals surface area contributed by atoms with Crippen molar-refractivity contribution >= 4 is 11.6 Å². The number of hydrogen-bond acceptors (Lipinski definition) is 1. The molecule has 62 valence electrons. The maximum Gasteiger partial charge on any atom is 0.0405 e. The molecule has 0 unspecified atom stereocenters. The predicted octanol–water partition coefficient (Wildman–Crippen LogP) is 2.70. The van der Waals surface area contributed by atoms with Gasteiger partial charge in [0.05, 0.1) is 0 Å². The van der Waals surface area contributed by atoms with Crippen molar-refractivity contribution in [1.82, 2.24) is 0 Å². The topological polar surface area (TPSA) is 26.0 Å². The van der Waals surface area contributed by atoms with E-state index in [4.69, 9.17) is 17.3 Å². The number of rotatable bonds is 1. The van der Waals surface area contributed by atoms with E-state index in [-0.39, 0.29) is 0 Å². The van der Waals surface area contributed by atoms with Gasteiger partial charge in [0.15, 0.2) is 0 Å². The van der Waals surface area contributed by atoms with Crippen molar-refractivity contribution in [3.63, 3.8) is 0 Å². The lowest BCUT2D eigenvalue weighted by Crippen LogP contribution is -1.93. The van der Waals surface area contributed by atoms with Crippen LogP contribution < -0.4 is 5.73 Å². The van der Waals surface area contributed by atoms with Crippen LogP contribution in [-0.4, -0.2) is 6.54 Å². The van der Waals surface area contributed by atoms with Crippen LogP contribution in [0.5, 0.6) is 0 Å². The van der Waals surface area contributed by atoms with Gasteiger partial charge in [-0.1, -0.05) is 36.7 Å². The van der Waals surface area contributed by atoms with Crippen LogP contribution in [0.3, 0.4) is 0 Å². The Morgan fingerprint density at radius 2 is 1.73 bits per heavy atom. The molecule has 2 heteroatoms. The SMILES string of the molecule is CCCN.Clc1ccccc1. The lowest BCUT2D eigenvalue weighted by atomic mass is 10.4. The Morgan fingerprint density at radius 3 is 1.91 bits per heavy atom. The Kier molecular flexibility index (Phi) is 7.21. The maximum atomic E-state index is 5.54. The van der Waals surface area contributed by atoms with Crippen molar-refractivity contribution in [3.8, 4) is 0 Å². The number of hydrogen-bond donors (Lipinski definition) is 1. The van der Waals surface area contributed by atoms with Crippen LogP contribution in [-0.2, 0) is 0 Å². The van der Waals surface area contributed by atoms with Gasteiger partial charge >= 0.3 is 0 Å². The molecule has 0 fully saturated rings. The fraction of sp³-hybridized carbons (Fsp3) is 0.333. The van der Waals surface area contributed by atoms with Crippen LogP contribution in [0.4, 0.5) is 0 Å². The molecule has 0 bridgehead atoms. The second kappa shape index (κ2) is 7.58. The summed E-state index contributed by atoms with van der Waals surface area (Å²) in [6.07, 6.45) is 1.10. The van der Waals surface area contributed by atoms with Gasteiger partial charge in [0.25, 0.3) is 0 Å². The average Bonchev–Trinajstić information content (AvgIpc) is 2.07. The second-order valence-corrected chi connectivity index (χ2v) is 2.52. The van der Waals surface area contributed by atoms with Crippen LogP contribution in [0.1, 0.15) is 13.3 Å². The van der Waals surface area contributed by atoms with E-state index in [0.717, 1.165) is 18.0 Å². The van der Waals surface area contributed by atoms with E-state index in [2.05, 4.69) is 6.92 Å². The summed E-state index contributed by atoms with van der Waals surface area (Å²) < 4.78 is 0. The highest BCUT2D eigenvalue weighted by molar-refractivity contribution is 6.30. The van der Waals surface area contributed by atoms with E-state index in [9.17, 15) is 0 Å². The summed E-state index contributed by atoms with van der Waals surface area (Å²) in [4.78, 5) is 0. The van der Waals surface area contributed by atoms with E-state index in [1.54, 1.807) is 0 Å². The highest BCUT2D eigenvalue weighted by atomic mass is 35.5. The Labute approximate surface area is 73.2 Å². The Hall–Kier alpha value is -0.530. The van der Waals surface area contributed by atoms with Gasteiger partial charge in [0, 0.05) is 5.02 Å². The molecule has 1 nitrogen and oxygen atoms in total. The third-order valence-electron chi connectivity index (χ3n) is 1.02. The summed E-state index contributed by atoms with van der Waals surface area (Å²) >= 11 is 5.54. The van der Waals surface area contributed by atoms with Gasteiger partial charge in [-0.2, -0.15) is 0 Å². The second-order valence-electron chi connectivity index (χ2n) is 2.08. The molecule has 0 atom stereocenters. The van der Waals surface area contributed by atoms with Gasteiger partial charge in [-0.15, -0.1) is 0 Å². The minimum atomic E-state index is 0.794. The minimum absolute atomic E-state index is 0.794. The summed E-state index contributed by atoms with van der Waals surface area (Å²) in [5, 5.41) is 0.794. The molecule has 0 aliphatic carbocycles. The van der Waals surface area contributed by atoms with Gasteiger partial charge in [-0.3, -0.25) is 0 Å². The largest absolute Gasteiger partial charge is 0.330 e. The average molecular weight is 172 g/mol. The molecule has 1 rings (SSSR count). The monoisotopic (exact) mass is 171 g/mol. The summed E-state index contributed by atoms with van der Waals surface area (Å²) in [5.74, 6) is 0. The quantitative estimate of drug-likeness (QED) is 0.691. The smallest absolute Gasteiger partial charge is 0.0405 e. The van der Waals surface area contributed by atoms with Gasteiger partial charge in [-0.25, -0.2) is 0 Å². The van der Waals surface area contributed by atoms with Crippen LogP contribution in [0.15, 0.2) is 30.3 Å². The first-order valence-corrected chi connectivity index (χ1v) is 4.09. The van der Waals surface area contributed by atoms with E-state index in [1.807, 2.05) is 30.3 Å². The first kappa shape index (κ1) is 10.5. The zero-order valence-electron chi connectivity index (χ0n) is 6.76. The normalized spacial score (nSPS) is 8.27. The molecule has 0 aliphatic rings. The molecular formula is C9H14ClN. The molecule has 0 saturated heterocycles. The summed E-state index contributed by atoms with van der Waals surface area (Å²) in [6, 6.07) is 9.44. The zero-order valence-corrected chi connectivity index (χ0v) is 7.51. The molecule has 2 N–H and O–H groups in total. The number of nitrogens with two attached hydrogens (primary N) is 1. The van der Waals surface area contributed by atoms with Gasteiger partial charge in [0.2, 0.25) is 0 Å². The van der Waals surface area contributed by atoms with Crippen LogP contribution in [0.2, 0.25) is 5.02 Å². The molecule has 0 heterocycles. The summed E-state index contributed by atoms with van der Waals surface area (Å²) in [6.45, 7) is 2.88. The first-order valence-electron chi connectivity index (χ1n) is 3.72. The summed E-state index contributed by atoms with van der Waals surface area (Å²) in [7, 11) is 0. The van der Waals surface area contributed by atoms with Crippen LogP contribution in [0, 0.1) is 0 Å². The third-order valence-corrected chi connectivity index (χ3v) is 1.27. The van der Waals surface area contributed by atoms with Crippen molar-refractivity contribution in [1.29, 1.82) is 0 Å². The van der Waals surface area contributed by atoms with E-state index in [0.29, 0.717) is 0 Å². The predicted molar refractivity (Wildman–Crippen MR) is 50.8 cm³/mol. The molecule has 0 radical (unpaired) electrons. The first-order chi connectivity index (χ1) is 5.31. The summed E-state index contributed by atoms with van der Waals surface area (Å²) in [5.41, 5.74) is 5.03. The van der Waals surface area contributed by atoms with Gasteiger partial charge in [0.1, 0.15) is 0 Å². The molecule has 1 aromatic rings. The van der Waals surface area contributed by atoms with Crippen molar-refractivity contribution in [2.75, 3.05) is 6.54 Å². The van der Waals surface area contributed by atoms with Crippen molar-refractivity contribution in [2.24, 2.45) is 5.73 Å². The maximum absolute atomic E-state index is 5.54. The van der Waals surface area contributed by atoms with Gasteiger partial charge < -0.3 is 5.73 Å². The fourth-order valence-corrected chi connectivity index (χ4v) is 0.560. The van der Waals surface area contributed by atoms with E-state index in [1.165, 1.54) is 0 Å². The van der Waals surface area contributed by atoms with Crippen molar-refractivity contribution < 1.29 is 0 Å². The van der Waals surface area contributed by atoms with E-state index >= 15 is 0 Å². The number of benzene rings is 1. The molecule has 0 saturated carbocycles. The van der Waals surface area contributed by atoms with Crippen molar-refractivity contribution in [2.45, 2.75) is 13.3 Å². The van der Waals surface area contributed by atoms with Crippen molar-refractivity contribution in [3.05, 3.63) is 35.4 Å². The lowest BCUT2D eigenvalue weighted by molar-refractivity contribution is 0.932. The van der Waals surface area contributed by atoms with Crippen LogP contribution >= 0.6 is 11.6 Å². The number of halogens is 1. The highest BCUT2D eigenvalue weighted by Crippen LogP contribution is 2.03. The van der Waals surface area contributed by atoms with Gasteiger partial charge in [-0.05, 0) is 25.1 Å². The van der Waals surface area contributed by atoms with E-state index < -0.39 is 0 Å². The molecule has 0 spiro atoms. The standard InChI is InChI=1S/C6H5Cl.C3H9N/c7-6-4-2-1-3-5-6;1-2-3-4/h1-5H;2-4H2,1H3. The van der Waals surface area contributed by atoms with Crippen LogP contribution in [0.25, 0.3) is 0 Å². The minimum Gasteiger partial charge on any atom is -0.330 e.